The molecule has 0 bridgehead atoms. The highest BCUT2D eigenvalue weighted by Crippen LogP contribution is 2.41. The molecule has 6 rings (SSSR count). The Labute approximate surface area is 262 Å². The van der Waals surface area contributed by atoms with Crippen molar-refractivity contribution in [2.75, 3.05) is 28.2 Å². The Morgan fingerprint density at radius 3 is 2.37 bits per heavy atom. The number of hydrogen-bond acceptors (Lipinski definition) is 7. The summed E-state index contributed by atoms with van der Waals surface area (Å²) in [5.74, 6) is 2.10. The van der Waals surface area contributed by atoms with Crippen LogP contribution in [0.15, 0.2) is 94.9 Å². The number of aromatic amines is 1. The molecular formula is C34H35N5O2S2. The first-order valence-electron chi connectivity index (χ1n) is 14.1. The van der Waals surface area contributed by atoms with Crippen LogP contribution in [0, 0.1) is 20.8 Å². The molecule has 3 heterocycles. The number of anilines is 2. The Morgan fingerprint density at radius 2 is 1.67 bits per heavy atom. The van der Waals surface area contributed by atoms with E-state index in [9.17, 15) is 4.79 Å². The molecule has 1 aliphatic rings. The van der Waals surface area contributed by atoms with Crippen molar-refractivity contribution in [3.05, 3.63) is 102 Å². The van der Waals surface area contributed by atoms with Gasteiger partial charge in [0, 0.05) is 41.2 Å². The van der Waals surface area contributed by atoms with Crippen LogP contribution in [0.2, 0.25) is 0 Å². The van der Waals surface area contributed by atoms with Crippen LogP contribution in [0.25, 0.3) is 22.5 Å². The van der Waals surface area contributed by atoms with Gasteiger partial charge in [0.1, 0.15) is 12.4 Å². The first-order valence-corrected chi connectivity index (χ1v) is 15.9. The van der Waals surface area contributed by atoms with Crippen molar-refractivity contribution in [3.63, 3.8) is 0 Å². The van der Waals surface area contributed by atoms with Crippen molar-refractivity contribution in [2.45, 2.75) is 37.5 Å². The molecule has 1 aliphatic heterocycles. The smallest absolute Gasteiger partial charge is 0.224 e. The van der Waals surface area contributed by atoms with Crippen molar-refractivity contribution < 1.29 is 11.0 Å². The first kappa shape index (κ1) is 28.9. The Balaban J connectivity index is 0.00000384. The maximum atomic E-state index is 12.5. The number of aryl methyl sites for hydroxylation is 3. The van der Waals surface area contributed by atoms with Crippen LogP contribution in [0.3, 0.4) is 0 Å². The molecule has 1 amide bonds. The Kier molecular flexibility index (Phi) is 8.44. The summed E-state index contributed by atoms with van der Waals surface area (Å²) in [5.41, 5.74) is 7.71. The molecule has 220 valence electrons. The number of fused-ring (bicyclic) bond motifs is 1. The lowest BCUT2D eigenvalue weighted by atomic mass is 10.0. The van der Waals surface area contributed by atoms with E-state index in [-0.39, 0.29) is 7.33 Å². The third-order valence-electron chi connectivity index (χ3n) is 7.19. The van der Waals surface area contributed by atoms with Gasteiger partial charge in [-0.05, 0) is 87.3 Å². The number of imidazole rings is 1. The molecule has 0 spiro atoms. The second kappa shape index (κ2) is 12.6. The van der Waals surface area contributed by atoms with E-state index in [0.29, 0.717) is 24.8 Å². The predicted octanol–water partition coefficient (Wildman–Crippen LogP) is 8.32. The van der Waals surface area contributed by atoms with Gasteiger partial charge in [0.25, 0.3) is 0 Å². The van der Waals surface area contributed by atoms with Gasteiger partial charge >= 0.3 is 0 Å². The summed E-state index contributed by atoms with van der Waals surface area (Å²) in [6.45, 7) is 8.76. The summed E-state index contributed by atoms with van der Waals surface area (Å²) in [7, 11) is 0. The minimum atomic E-state index is -0.0109. The molecule has 2 aromatic heterocycles. The number of pyridine rings is 1. The molecule has 43 heavy (non-hydrogen) atoms. The number of nitrogens with zero attached hydrogens (tertiary/aromatic N) is 4. The number of nitrogens with one attached hydrogen (secondary N) is 1. The predicted molar refractivity (Wildman–Crippen MR) is 179 cm³/mol. The zero-order valence-electron chi connectivity index (χ0n) is 24.6. The summed E-state index contributed by atoms with van der Waals surface area (Å²) in [6.07, 6.45) is 1.82. The highest BCUT2D eigenvalue weighted by atomic mass is 32.2. The number of aromatic nitrogens is 3. The normalized spacial score (nSPS) is 12.5. The number of hydrogen-bond donors (Lipinski definition) is 1. The van der Waals surface area contributed by atoms with Gasteiger partial charge in [-0.1, -0.05) is 35.4 Å². The second-order valence-electron chi connectivity index (χ2n) is 10.5. The highest BCUT2D eigenvalue weighted by molar-refractivity contribution is 8.04. The zero-order valence-corrected chi connectivity index (χ0v) is 26.3. The van der Waals surface area contributed by atoms with Gasteiger partial charge in [0.2, 0.25) is 11.9 Å². The maximum absolute atomic E-state index is 12.5. The zero-order chi connectivity index (χ0) is 29.9. The minimum Gasteiger partial charge on any atom is -0.490 e. The van der Waals surface area contributed by atoms with Crippen LogP contribution in [-0.2, 0) is 4.79 Å². The molecular weight excluding hydrogens is 575 g/mol. The molecule has 0 fully saturated rings. The molecule has 9 heteroatoms. The molecule has 7 nitrogen and oxygen atoms in total. The van der Waals surface area contributed by atoms with E-state index in [1.54, 1.807) is 35.5 Å². The lowest BCUT2D eigenvalue weighted by Crippen LogP contribution is -2.36. The Morgan fingerprint density at radius 1 is 0.953 bits per heavy atom. The Hall–Kier alpha value is -4.21. The van der Waals surface area contributed by atoms with Crippen LogP contribution in [-0.4, -0.2) is 39.9 Å². The number of carbonyl (C=O) groups excluding carboxylic acids is 1. The SMILES string of the molecule is CC(=O)N1CCOc2ccc(-c3nc(N(CSc4ccc(C)cc4)Sc4ccc(C)cc4)[nH]c3-c3ccnc(C)c3)cc21.[HH]. The van der Waals surface area contributed by atoms with Gasteiger partial charge < -0.3 is 14.6 Å². The topological polar surface area (TPSA) is 74.4 Å². The van der Waals surface area contributed by atoms with E-state index >= 15 is 0 Å². The number of benzene rings is 3. The molecule has 0 aliphatic carbocycles. The van der Waals surface area contributed by atoms with Crippen molar-refractivity contribution in [2.24, 2.45) is 0 Å². The van der Waals surface area contributed by atoms with Crippen LogP contribution >= 0.6 is 23.7 Å². The number of ether oxygens (including phenoxy) is 1. The fourth-order valence-electron chi connectivity index (χ4n) is 4.91. The van der Waals surface area contributed by atoms with Crippen LogP contribution in [0.5, 0.6) is 5.75 Å². The van der Waals surface area contributed by atoms with Gasteiger partial charge in [-0.25, -0.2) is 4.98 Å². The van der Waals surface area contributed by atoms with E-state index in [4.69, 9.17) is 9.72 Å². The van der Waals surface area contributed by atoms with Crippen LogP contribution in [0.1, 0.15) is 25.2 Å². The fraction of sp³-hybridized carbons (Fsp3) is 0.206. The molecule has 0 saturated carbocycles. The lowest BCUT2D eigenvalue weighted by molar-refractivity contribution is -0.116. The molecule has 3 aromatic carbocycles. The number of amides is 1. The first-order chi connectivity index (χ1) is 20.8. The van der Waals surface area contributed by atoms with Gasteiger partial charge in [-0.3, -0.25) is 14.1 Å². The Bertz CT molecular complexity index is 1760. The summed E-state index contributed by atoms with van der Waals surface area (Å²) in [4.78, 5) is 29.8. The average Bonchev–Trinajstić information content (AvgIpc) is 3.46. The highest BCUT2D eigenvalue weighted by Gasteiger charge is 2.25. The van der Waals surface area contributed by atoms with Crippen molar-refractivity contribution in [3.8, 4) is 28.3 Å². The summed E-state index contributed by atoms with van der Waals surface area (Å²) >= 11 is 3.41. The molecule has 0 atom stereocenters. The van der Waals surface area contributed by atoms with E-state index in [2.05, 4.69) is 82.7 Å². The van der Waals surface area contributed by atoms with Crippen molar-refractivity contribution in [1.29, 1.82) is 0 Å². The number of H-pyrrole nitrogens is 1. The van der Waals surface area contributed by atoms with Crippen LogP contribution in [0.4, 0.5) is 11.6 Å². The van der Waals surface area contributed by atoms with E-state index < -0.39 is 0 Å². The second-order valence-corrected chi connectivity index (χ2v) is 12.7. The van der Waals surface area contributed by atoms with Crippen LogP contribution < -0.4 is 13.9 Å². The van der Waals surface area contributed by atoms with Gasteiger partial charge in [0.15, 0.2) is 0 Å². The molecule has 0 radical (unpaired) electrons. The van der Waals surface area contributed by atoms with E-state index in [0.717, 1.165) is 44.7 Å². The molecule has 0 unspecified atom stereocenters. The standard InChI is InChI=1S/C34H33N5O2S2.H2/c1-22-5-10-28(11-6-22)42-21-39(43-29-12-7-23(2)8-13-29)34-36-32(33(37-34)27-15-16-35-24(3)19-27)26-9-14-31-30(20-26)38(25(4)40)17-18-41-31;/h5-16,19-20H,17-18,21H2,1-4H3,(H,36,37);1H. The van der Waals surface area contributed by atoms with E-state index in [1.807, 2.05) is 37.4 Å². The fourth-order valence-corrected chi connectivity index (χ4v) is 6.69. The van der Waals surface area contributed by atoms with Gasteiger partial charge in [0.05, 0.1) is 29.5 Å². The number of carbonyl (C=O) groups is 1. The summed E-state index contributed by atoms with van der Waals surface area (Å²) in [6, 6.07) is 27.1. The third-order valence-corrected chi connectivity index (χ3v) is 9.36. The van der Waals surface area contributed by atoms with Crippen molar-refractivity contribution >= 4 is 41.3 Å². The number of rotatable bonds is 8. The summed E-state index contributed by atoms with van der Waals surface area (Å²) < 4.78 is 8.07. The van der Waals surface area contributed by atoms with Crippen molar-refractivity contribution in [1.82, 2.24) is 15.0 Å². The monoisotopic (exact) mass is 609 g/mol. The number of thioether (sulfide) groups is 1. The van der Waals surface area contributed by atoms with Gasteiger partial charge in [-0.15, -0.1) is 11.8 Å². The van der Waals surface area contributed by atoms with Gasteiger partial charge in [-0.2, -0.15) is 0 Å². The molecule has 5 aromatic rings. The quantitative estimate of drug-likeness (QED) is 0.108. The molecule has 0 saturated heterocycles. The average molecular weight is 610 g/mol. The maximum Gasteiger partial charge on any atom is 0.224 e. The largest absolute Gasteiger partial charge is 0.490 e. The van der Waals surface area contributed by atoms with E-state index in [1.165, 1.54) is 16.0 Å². The molecule has 1 N–H and O–H groups in total. The lowest BCUT2D eigenvalue weighted by Gasteiger charge is -2.29. The summed E-state index contributed by atoms with van der Waals surface area (Å²) in [5, 5.41) is 0. The third kappa shape index (κ3) is 6.58. The minimum absolute atomic E-state index is 0.